The Morgan fingerprint density at radius 2 is 1.67 bits per heavy atom. The standard InChI is InChI=1S/C18H23NO2/c1-2-3-9-17(20)14-21-18-12-10-16(11-13-18)19-15-7-5-4-6-8-15/h4-8,10-13,17,19-20H,2-3,9,14H2,1H3. The van der Waals surface area contributed by atoms with Gasteiger partial charge in [-0.1, -0.05) is 38.0 Å². The molecule has 112 valence electrons. The molecule has 2 N–H and O–H groups in total. The number of hydrogen-bond acceptors (Lipinski definition) is 3. The number of rotatable bonds is 8. The molecule has 0 aliphatic heterocycles. The van der Waals surface area contributed by atoms with Crippen LogP contribution in [0.15, 0.2) is 54.6 Å². The predicted molar refractivity (Wildman–Crippen MR) is 87.2 cm³/mol. The second kappa shape index (κ2) is 8.32. The van der Waals surface area contributed by atoms with Gasteiger partial charge in [-0.25, -0.2) is 0 Å². The molecule has 0 spiro atoms. The van der Waals surface area contributed by atoms with Crippen molar-refractivity contribution >= 4 is 11.4 Å². The van der Waals surface area contributed by atoms with Gasteiger partial charge in [0.15, 0.2) is 0 Å². The molecule has 0 amide bonds. The summed E-state index contributed by atoms with van der Waals surface area (Å²) < 4.78 is 5.59. The molecule has 0 fully saturated rings. The Balaban J connectivity index is 1.82. The van der Waals surface area contributed by atoms with Crippen molar-refractivity contribution in [2.75, 3.05) is 11.9 Å². The summed E-state index contributed by atoms with van der Waals surface area (Å²) in [4.78, 5) is 0. The Kier molecular flexibility index (Phi) is 6.10. The van der Waals surface area contributed by atoms with Crippen molar-refractivity contribution in [1.82, 2.24) is 0 Å². The quantitative estimate of drug-likeness (QED) is 0.757. The number of anilines is 2. The highest BCUT2D eigenvalue weighted by atomic mass is 16.5. The van der Waals surface area contributed by atoms with Crippen LogP contribution in [0.25, 0.3) is 0 Å². The van der Waals surface area contributed by atoms with Crippen molar-refractivity contribution in [2.45, 2.75) is 32.3 Å². The van der Waals surface area contributed by atoms with Gasteiger partial charge >= 0.3 is 0 Å². The van der Waals surface area contributed by atoms with E-state index in [4.69, 9.17) is 4.74 Å². The Morgan fingerprint density at radius 3 is 2.33 bits per heavy atom. The van der Waals surface area contributed by atoms with E-state index in [0.29, 0.717) is 6.61 Å². The highest BCUT2D eigenvalue weighted by Gasteiger charge is 2.04. The lowest BCUT2D eigenvalue weighted by molar-refractivity contribution is 0.0980. The maximum Gasteiger partial charge on any atom is 0.119 e. The summed E-state index contributed by atoms with van der Waals surface area (Å²) in [6.07, 6.45) is 2.54. The van der Waals surface area contributed by atoms with Crippen molar-refractivity contribution in [3.8, 4) is 5.75 Å². The summed E-state index contributed by atoms with van der Waals surface area (Å²) >= 11 is 0. The molecule has 0 bridgehead atoms. The number of ether oxygens (including phenoxy) is 1. The molecule has 0 aliphatic rings. The van der Waals surface area contributed by atoms with Gasteiger partial charge in [0.2, 0.25) is 0 Å². The van der Waals surface area contributed by atoms with Gasteiger partial charge < -0.3 is 15.2 Å². The summed E-state index contributed by atoms with van der Waals surface area (Å²) in [6.45, 7) is 2.47. The van der Waals surface area contributed by atoms with Crippen LogP contribution in [0.4, 0.5) is 11.4 Å². The highest BCUT2D eigenvalue weighted by Crippen LogP contribution is 2.20. The lowest BCUT2D eigenvalue weighted by Gasteiger charge is -2.12. The number of aliphatic hydroxyl groups excluding tert-OH is 1. The maximum absolute atomic E-state index is 9.75. The van der Waals surface area contributed by atoms with Crippen LogP contribution < -0.4 is 10.1 Å². The van der Waals surface area contributed by atoms with Gasteiger partial charge in [-0.15, -0.1) is 0 Å². The molecule has 0 radical (unpaired) electrons. The minimum atomic E-state index is -0.382. The minimum Gasteiger partial charge on any atom is -0.491 e. The summed E-state index contributed by atoms with van der Waals surface area (Å²) in [5.74, 6) is 0.782. The van der Waals surface area contributed by atoms with E-state index in [1.807, 2.05) is 54.6 Å². The van der Waals surface area contributed by atoms with Gasteiger partial charge in [0.05, 0.1) is 6.10 Å². The van der Waals surface area contributed by atoms with Gasteiger partial charge in [-0.05, 0) is 42.8 Å². The van der Waals surface area contributed by atoms with Crippen LogP contribution in [0.2, 0.25) is 0 Å². The first-order valence-electron chi connectivity index (χ1n) is 7.51. The Morgan fingerprint density at radius 1 is 1.00 bits per heavy atom. The molecule has 3 heteroatoms. The fourth-order valence-corrected chi connectivity index (χ4v) is 2.04. The number of hydrogen-bond donors (Lipinski definition) is 2. The smallest absolute Gasteiger partial charge is 0.119 e. The Bertz CT molecular complexity index is 511. The molecular formula is C18H23NO2. The largest absolute Gasteiger partial charge is 0.491 e. The monoisotopic (exact) mass is 285 g/mol. The van der Waals surface area contributed by atoms with Crippen LogP contribution in [0, 0.1) is 0 Å². The first kappa shape index (κ1) is 15.4. The summed E-state index contributed by atoms with van der Waals surface area (Å²) in [5.41, 5.74) is 2.07. The fourth-order valence-electron chi connectivity index (χ4n) is 2.04. The van der Waals surface area contributed by atoms with E-state index in [1.54, 1.807) is 0 Å². The molecule has 2 rings (SSSR count). The lowest BCUT2D eigenvalue weighted by atomic mass is 10.2. The van der Waals surface area contributed by atoms with E-state index in [9.17, 15) is 5.11 Å². The molecular weight excluding hydrogens is 262 g/mol. The average molecular weight is 285 g/mol. The summed E-state index contributed by atoms with van der Waals surface area (Å²) in [6, 6.07) is 17.8. The van der Waals surface area contributed by atoms with Gasteiger partial charge in [0.1, 0.15) is 12.4 Å². The minimum absolute atomic E-state index is 0.353. The Hall–Kier alpha value is -2.00. The van der Waals surface area contributed by atoms with Gasteiger partial charge in [0, 0.05) is 11.4 Å². The van der Waals surface area contributed by atoms with Gasteiger partial charge in [0.25, 0.3) is 0 Å². The van der Waals surface area contributed by atoms with Gasteiger partial charge in [-0.3, -0.25) is 0 Å². The van der Waals surface area contributed by atoms with E-state index in [1.165, 1.54) is 0 Å². The van der Waals surface area contributed by atoms with E-state index in [-0.39, 0.29) is 6.10 Å². The van der Waals surface area contributed by atoms with Crippen LogP contribution in [-0.4, -0.2) is 17.8 Å². The molecule has 2 aromatic rings. The van der Waals surface area contributed by atoms with Gasteiger partial charge in [-0.2, -0.15) is 0 Å². The number of nitrogens with one attached hydrogen (secondary N) is 1. The first-order valence-corrected chi connectivity index (χ1v) is 7.51. The molecule has 0 aromatic heterocycles. The van der Waals surface area contributed by atoms with Crippen LogP contribution in [0.1, 0.15) is 26.2 Å². The topological polar surface area (TPSA) is 41.5 Å². The Labute approximate surface area is 126 Å². The zero-order valence-electron chi connectivity index (χ0n) is 12.5. The molecule has 0 heterocycles. The second-order valence-electron chi connectivity index (χ2n) is 5.12. The normalized spacial score (nSPS) is 11.9. The third kappa shape index (κ3) is 5.48. The average Bonchev–Trinajstić information content (AvgIpc) is 2.53. The van der Waals surface area contributed by atoms with Crippen molar-refractivity contribution < 1.29 is 9.84 Å². The van der Waals surface area contributed by atoms with Crippen molar-refractivity contribution in [2.24, 2.45) is 0 Å². The predicted octanol–water partition coefficient (Wildman–Crippen LogP) is 4.36. The first-order chi connectivity index (χ1) is 10.3. The van der Waals surface area contributed by atoms with Crippen LogP contribution in [-0.2, 0) is 0 Å². The van der Waals surface area contributed by atoms with Crippen molar-refractivity contribution in [3.63, 3.8) is 0 Å². The van der Waals surface area contributed by atoms with Crippen LogP contribution >= 0.6 is 0 Å². The van der Waals surface area contributed by atoms with E-state index in [2.05, 4.69) is 12.2 Å². The number of unbranched alkanes of at least 4 members (excludes halogenated alkanes) is 1. The molecule has 0 aliphatic carbocycles. The van der Waals surface area contributed by atoms with Crippen LogP contribution in [0.3, 0.4) is 0 Å². The molecule has 2 aromatic carbocycles. The van der Waals surface area contributed by atoms with E-state index >= 15 is 0 Å². The molecule has 0 saturated carbocycles. The highest BCUT2D eigenvalue weighted by molar-refractivity contribution is 5.59. The lowest BCUT2D eigenvalue weighted by Crippen LogP contribution is -2.17. The van der Waals surface area contributed by atoms with E-state index in [0.717, 1.165) is 36.4 Å². The SMILES string of the molecule is CCCCC(O)COc1ccc(Nc2ccccc2)cc1. The molecule has 0 saturated heterocycles. The number of para-hydroxylation sites is 1. The summed E-state index contributed by atoms with van der Waals surface area (Å²) in [5, 5.41) is 13.1. The number of benzene rings is 2. The third-order valence-electron chi connectivity index (χ3n) is 3.25. The van der Waals surface area contributed by atoms with Crippen molar-refractivity contribution in [1.29, 1.82) is 0 Å². The summed E-state index contributed by atoms with van der Waals surface area (Å²) in [7, 11) is 0. The molecule has 3 nitrogen and oxygen atoms in total. The second-order valence-corrected chi connectivity index (χ2v) is 5.12. The van der Waals surface area contributed by atoms with Crippen molar-refractivity contribution in [3.05, 3.63) is 54.6 Å². The maximum atomic E-state index is 9.75. The zero-order valence-corrected chi connectivity index (χ0v) is 12.5. The zero-order chi connectivity index (χ0) is 14.9. The number of aliphatic hydroxyl groups is 1. The van der Waals surface area contributed by atoms with Crippen LogP contribution in [0.5, 0.6) is 5.75 Å². The fraction of sp³-hybridized carbons (Fsp3) is 0.333. The molecule has 1 unspecified atom stereocenters. The molecule has 1 atom stereocenters. The van der Waals surface area contributed by atoms with E-state index < -0.39 is 0 Å². The molecule has 21 heavy (non-hydrogen) atoms. The third-order valence-corrected chi connectivity index (χ3v) is 3.25.